The van der Waals surface area contributed by atoms with Crippen molar-refractivity contribution >= 4 is 27.5 Å². The fourth-order valence-corrected chi connectivity index (χ4v) is 4.81. The molecule has 3 aromatic rings. The summed E-state index contributed by atoms with van der Waals surface area (Å²) >= 11 is 0. The predicted octanol–water partition coefficient (Wildman–Crippen LogP) is 3.90. The van der Waals surface area contributed by atoms with Crippen molar-refractivity contribution in [3.8, 4) is 0 Å². The van der Waals surface area contributed by atoms with Gasteiger partial charge in [-0.1, -0.05) is 61.5 Å². The molecule has 0 bridgehead atoms. The van der Waals surface area contributed by atoms with E-state index in [1.807, 2.05) is 37.3 Å². The van der Waals surface area contributed by atoms with Gasteiger partial charge in [-0.2, -0.15) is 0 Å². The Morgan fingerprint density at radius 1 is 0.895 bits per heavy atom. The fourth-order valence-electron chi connectivity index (χ4n) is 3.96. The Labute approximate surface area is 222 Å². The molecule has 0 aliphatic rings. The summed E-state index contributed by atoms with van der Waals surface area (Å²) in [6.07, 6.45) is 1.71. The number of halogens is 2. The lowest BCUT2D eigenvalue weighted by molar-refractivity contribution is -0.140. The van der Waals surface area contributed by atoms with Gasteiger partial charge in [-0.25, -0.2) is 17.2 Å². The van der Waals surface area contributed by atoms with Crippen LogP contribution in [0.2, 0.25) is 0 Å². The molecule has 202 valence electrons. The summed E-state index contributed by atoms with van der Waals surface area (Å²) < 4.78 is 54.1. The van der Waals surface area contributed by atoms with Crippen molar-refractivity contribution in [3.05, 3.63) is 102 Å². The van der Waals surface area contributed by atoms with Crippen LogP contribution in [0.4, 0.5) is 14.5 Å². The highest BCUT2D eigenvalue weighted by molar-refractivity contribution is 7.92. The van der Waals surface area contributed by atoms with Crippen molar-refractivity contribution in [3.63, 3.8) is 0 Å². The first-order valence-corrected chi connectivity index (χ1v) is 14.0. The lowest BCUT2D eigenvalue weighted by Gasteiger charge is -2.33. The molecule has 1 N–H and O–H groups in total. The minimum absolute atomic E-state index is 0.0922. The first kappa shape index (κ1) is 28.8. The third-order valence-corrected chi connectivity index (χ3v) is 7.01. The third kappa shape index (κ3) is 7.85. The largest absolute Gasteiger partial charge is 0.354 e. The minimum Gasteiger partial charge on any atom is -0.354 e. The Kier molecular flexibility index (Phi) is 9.95. The van der Waals surface area contributed by atoms with Gasteiger partial charge in [0.05, 0.1) is 11.9 Å². The average molecular weight is 544 g/mol. The summed E-state index contributed by atoms with van der Waals surface area (Å²) in [7, 11) is -4.07. The molecule has 0 unspecified atom stereocenters. The second-order valence-corrected chi connectivity index (χ2v) is 10.8. The van der Waals surface area contributed by atoms with Crippen molar-refractivity contribution in [1.82, 2.24) is 10.2 Å². The van der Waals surface area contributed by atoms with E-state index in [-0.39, 0.29) is 18.7 Å². The summed E-state index contributed by atoms with van der Waals surface area (Å²) in [5, 5.41) is 2.82. The number of rotatable bonds is 12. The zero-order valence-electron chi connectivity index (χ0n) is 21.3. The highest BCUT2D eigenvalue weighted by Crippen LogP contribution is 2.23. The molecule has 0 saturated heterocycles. The number of hydrogen-bond donors (Lipinski definition) is 1. The topological polar surface area (TPSA) is 86.8 Å². The molecule has 0 spiro atoms. The van der Waals surface area contributed by atoms with Gasteiger partial charge in [0.15, 0.2) is 0 Å². The van der Waals surface area contributed by atoms with Gasteiger partial charge in [-0.05, 0) is 41.8 Å². The summed E-state index contributed by atoms with van der Waals surface area (Å²) in [6, 6.07) is 18.8. The van der Waals surface area contributed by atoms with Crippen LogP contribution in [0.15, 0.2) is 78.9 Å². The van der Waals surface area contributed by atoms with Gasteiger partial charge in [-0.15, -0.1) is 0 Å². The van der Waals surface area contributed by atoms with Crippen LogP contribution in [0.3, 0.4) is 0 Å². The van der Waals surface area contributed by atoms with Crippen molar-refractivity contribution < 1.29 is 26.8 Å². The maximum absolute atomic E-state index is 14.6. The number of benzene rings is 3. The van der Waals surface area contributed by atoms with Gasteiger partial charge in [0.2, 0.25) is 21.8 Å². The number of carbonyl (C=O) groups is 2. The number of carbonyl (C=O) groups excluding carboxylic acids is 2. The summed E-state index contributed by atoms with van der Waals surface area (Å²) in [6.45, 7) is 1.46. The van der Waals surface area contributed by atoms with Gasteiger partial charge >= 0.3 is 0 Å². The molecule has 0 heterocycles. The molecule has 0 saturated carbocycles. The second-order valence-electron chi connectivity index (χ2n) is 8.87. The molecule has 0 aliphatic carbocycles. The smallest absolute Gasteiger partial charge is 0.244 e. The molecule has 0 aromatic heterocycles. The number of nitrogens with one attached hydrogen (secondary N) is 1. The van der Waals surface area contributed by atoms with E-state index in [4.69, 9.17) is 0 Å². The Morgan fingerprint density at radius 2 is 1.53 bits per heavy atom. The number of amides is 2. The van der Waals surface area contributed by atoms with E-state index < -0.39 is 46.1 Å². The quantitative estimate of drug-likeness (QED) is 0.376. The van der Waals surface area contributed by atoms with Gasteiger partial charge in [0.25, 0.3) is 0 Å². The Balaban J connectivity index is 2.04. The molecule has 2 amide bonds. The molecule has 0 radical (unpaired) electrons. The van der Waals surface area contributed by atoms with E-state index in [1.165, 1.54) is 47.4 Å². The lowest BCUT2D eigenvalue weighted by atomic mass is 10.0. The average Bonchev–Trinajstić information content (AvgIpc) is 2.89. The SMILES string of the molecule is CCCNC(=O)[C@H](Cc1ccccc1)N(Cc1ccc(F)cc1)C(=O)CN(c1ccccc1F)S(C)(=O)=O. The monoisotopic (exact) mass is 543 g/mol. The Morgan fingerprint density at radius 3 is 2.13 bits per heavy atom. The number of hydrogen-bond acceptors (Lipinski definition) is 4. The zero-order valence-corrected chi connectivity index (χ0v) is 22.1. The van der Waals surface area contributed by atoms with E-state index in [2.05, 4.69) is 5.32 Å². The molecule has 0 aliphatic heterocycles. The third-order valence-electron chi connectivity index (χ3n) is 5.89. The van der Waals surface area contributed by atoms with E-state index in [0.717, 1.165) is 17.9 Å². The minimum atomic E-state index is -4.07. The molecular formula is C28H31F2N3O4S. The maximum atomic E-state index is 14.6. The van der Waals surface area contributed by atoms with Crippen LogP contribution in [0.5, 0.6) is 0 Å². The Bertz CT molecular complexity index is 1340. The van der Waals surface area contributed by atoms with Gasteiger partial charge < -0.3 is 10.2 Å². The molecule has 0 fully saturated rings. The molecule has 3 aromatic carbocycles. The van der Waals surface area contributed by atoms with Crippen molar-refractivity contribution in [1.29, 1.82) is 0 Å². The van der Waals surface area contributed by atoms with Crippen LogP contribution in [0, 0.1) is 11.6 Å². The molecular weight excluding hydrogens is 512 g/mol. The maximum Gasteiger partial charge on any atom is 0.244 e. The molecule has 3 rings (SSSR count). The van der Waals surface area contributed by atoms with E-state index in [9.17, 15) is 26.8 Å². The number of anilines is 1. The van der Waals surface area contributed by atoms with E-state index >= 15 is 0 Å². The van der Waals surface area contributed by atoms with Crippen LogP contribution in [-0.4, -0.2) is 50.5 Å². The highest BCUT2D eigenvalue weighted by atomic mass is 32.2. The summed E-state index contributed by atoms with van der Waals surface area (Å²) in [4.78, 5) is 28.4. The molecule has 7 nitrogen and oxygen atoms in total. The fraction of sp³-hybridized carbons (Fsp3) is 0.286. The Hall–Kier alpha value is -3.79. The van der Waals surface area contributed by atoms with E-state index in [0.29, 0.717) is 22.8 Å². The van der Waals surface area contributed by atoms with Gasteiger partial charge in [-0.3, -0.25) is 13.9 Å². The van der Waals surface area contributed by atoms with Crippen molar-refractivity contribution in [2.75, 3.05) is 23.7 Å². The highest BCUT2D eigenvalue weighted by Gasteiger charge is 2.33. The molecule has 10 heteroatoms. The number of sulfonamides is 1. The normalized spacial score (nSPS) is 12.0. The van der Waals surface area contributed by atoms with Crippen LogP contribution < -0.4 is 9.62 Å². The van der Waals surface area contributed by atoms with Gasteiger partial charge in [0, 0.05) is 19.5 Å². The predicted molar refractivity (Wildman–Crippen MR) is 143 cm³/mol. The zero-order chi connectivity index (χ0) is 27.7. The first-order chi connectivity index (χ1) is 18.1. The standard InChI is InChI=1S/C28H31F2N3O4S/c1-3-17-31-28(35)26(18-21-9-5-4-6-10-21)32(19-22-13-15-23(29)16-14-22)27(34)20-33(38(2,36)37)25-12-8-7-11-24(25)30/h4-16,26H,3,17-20H2,1-2H3,(H,31,35)/t26-/m0/s1. The number of para-hydroxylation sites is 1. The van der Waals surface area contributed by atoms with Crippen LogP contribution >= 0.6 is 0 Å². The van der Waals surface area contributed by atoms with Gasteiger partial charge in [0.1, 0.15) is 24.2 Å². The van der Waals surface area contributed by atoms with Crippen molar-refractivity contribution in [2.45, 2.75) is 32.4 Å². The second kappa shape index (κ2) is 13.1. The number of nitrogens with zero attached hydrogens (tertiary/aromatic N) is 2. The summed E-state index contributed by atoms with van der Waals surface area (Å²) in [5.74, 6) is -2.40. The first-order valence-electron chi connectivity index (χ1n) is 12.2. The summed E-state index contributed by atoms with van der Waals surface area (Å²) in [5.41, 5.74) is 1.05. The molecule has 38 heavy (non-hydrogen) atoms. The lowest BCUT2D eigenvalue weighted by Crippen LogP contribution is -2.53. The van der Waals surface area contributed by atoms with Crippen LogP contribution in [-0.2, 0) is 32.6 Å². The van der Waals surface area contributed by atoms with Crippen LogP contribution in [0.1, 0.15) is 24.5 Å². The van der Waals surface area contributed by atoms with Crippen molar-refractivity contribution in [2.24, 2.45) is 0 Å². The van der Waals surface area contributed by atoms with Crippen LogP contribution in [0.25, 0.3) is 0 Å². The van der Waals surface area contributed by atoms with E-state index in [1.54, 1.807) is 0 Å². The molecule has 1 atom stereocenters.